The zero-order chi connectivity index (χ0) is 13.5. The molecule has 18 heavy (non-hydrogen) atoms. The van der Waals surface area contributed by atoms with Gasteiger partial charge in [-0.1, -0.05) is 23.8 Å². The molecule has 0 aromatic heterocycles. The van der Waals surface area contributed by atoms with Crippen molar-refractivity contribution in [3.05, 3.63) is 45.0 Å². The number of hydrogen-bond donors (Lipinski definition) is 0. The minimum atomic E-state index is -0.500. The third-order valence-corrected chi connectivity index (χ3v) is 2.31. The molecule has 1 aromatic carbocycles. The number of rotatable bonds is 5. The van der Waals surface area contributed by atoms with E-state index in [-0.39, 0.29) is 18.1 Å². The van der Waals surface area contributed by atoms with Crippen LogP contribution in [0.2, 0.25) is 5.02 Å². The van der Waals surface area contributed by atoms with E-state index in [1.807, 2.05) is 0 Å². The van der Waals surface area contributed by atoms with Crippen LogP contribution >= 0.6 is 11.6 Å². The first-order valence-electron chi connectivity index (χ1n) is 5.30. The Morgan fingerprint density at radius 1 is 1.56 bits per heavy atom. The number of ether oxygens (including phenoxy) is 1. The van der Waals surface area contributed by atoms with Gasteiger partial charge in [0.25, 0.3) is 5.69 Å². The Morgan fingerprint density at radius 2 is 2.28 bits per heavy atom. The molecule has 0 heterocycles. The highest BCUT2D eigenvalue weighted by Gasteiger charge is 2.11. The van der Waals surface area contributed by atoms with E-state index in [4.69, 9.17) is 16.3 Å². The second-order valence-corrected chi connectivity index (χ2v) is 3.81. The molecule has 0 saturated heterocycles. The molecule has 1 rings (SSSR count). The van der Waals surface area contributed by atoms with Crippen LogP contribution in [0.3, 0.4) is 0 Å². The van der Waals surface area contributed by atoms with Gasteiger partial charge in [0.2, 0.25) is 0 Å². The molecule has 6 heteroatoms. The van der Waals surface area contributed by atoms with Crippen LogP contribution in [0.5, 0.6) is 0 Å². The van der Waals surface area contributed by atoms with E-state index >= 15 is 0 Å². The molecule has 0 fully saturated rings. The molecule has 0 aliphatic rings. The summed E-state index contributed by atoms with van der Waals surface area (Å²) in [5, 5.41) is 11.2. The van der Waals surface area contributed by atoms with E-state index in [0.717, 1.165) is 0 Å². The van der Waals surface area contributed by atoms with Gasteiger partial charge in [0.15, 0.2) is 0 Å². The van der Waals surface area contributed by atoms with Crippen LogP contribution in [0, 0.1) is 10.1 Å². The fourth-order valence-corrected chi connectivity index (χ4v) is 1.51. The predicted octanol–water partition coefficient (Wildman–Crippen LogP) is 3.21. The van der Waals surface area contributed by atoms with Crippen LogP contribution in [-0.4, -0.2) is 17.5 Å². The van der Waals surface area contributed by atoms with Crippen molar-refractivity contribution in [1.82, 2.24) is 0 Å². The molecule has 0 saturated carbocycles. The molecule has 0 bridgehead atoms. The van der Waals surface area contributed by atoms with Crippen molar-refractivity contribution >= 4 is 29.3 Å². The quantitative estimate of drug-likeness (QED) is 0.467. The normalized spacial score (nSPS) is 10.6. The number of carbonyl (C=O) groups excluding carboxylic acids is 1. The molecular weight excluding hydrogens is 258 g/mol. The Balaban J connectivity index is 2.82. The lowest BCUT2D eigenvalue weighted by molar-refractivity contribution is -0.385. The first-order chi connectivity index (χ1) is 8.54. The first-order valence-corrected chi connectivity index (χ1v) is 5.68. The van der Waals surface area contributed by atoms with Crippen LogP contribution < -0.4 is 0 Å². The molecule has 0 aliphatic carbocycles. The molecule has 0 atom stereocenters. The molecule has 0 unspecified atom stereocenters. The number of nitro groups is 1. The highest BCUT2D eigenvalue weighted by Crippen LogP contribution is 2.23. The maximum atomic E-state index is 11.1. The summed E-state index contributed by atoms with van der Waals surface area (Å²) < 4.78 is 4.73. The number of hydrogen-bond acceptors (Lipinski definition) is 4. The topological polar surface area (TPSA) is 69.4 Å². The third-order valence-electron chi connectivity index (χ3n) is 2.07. The fraction of sp³-hybridized carbons (Fsp3) is 0.250. The molecule has 0 aliphatic heterocycles. The van der Waals surface area contributed by atoms with Crippen LogP contribution in [0.15, 0.2) is 24.3 Å². The Bertz CT molecular complexity index is 485. The largest absolute Gasteiger partial charge is 0.466 e. The third kappa shape index (κ3) is 4.18. The Hall–Kier alpha value is -1.88. The van der Waals surface area contributed by atoms with Crippen LogP contribution in [0.1, 0.15) is 18.9 Å². The van der Waals surface area contributed by atoms with Crippen LogP contribution in [0.4, 0.5) is 5.69 Å². The summed E-state index contributed by atoms with van der Waals surface area (Å²) in [5.74, 6) is -0.376. The minimum Gasteiger partial charge on any atom is -0.466 e. The monoisotopic (exact) mass is 269 g/mol. The summed E-state index contributed by atoms with van der Waals surface area (Å²) in [6.45, 7) is 2.02. The number of carbonyl (C=O) groups is 1. The number of benzene rings is 1. The van der Waals surface area contributed by atoms with Gasteiger partial charge in [0, 0.05) is 11.1 Å². The van der Waals surface area contributed by atoms with E-state index in [9.17, 15) is 14.9 Å². The lowest BCUT2D eigenvalue weighted by Crippen LogP contribution is -2.01. The molecule has 0 N–H and O–H groups in total. The van der Waals surface area contributed by atoms with Gasteiger partial charge in [0.05, 0.1) is 23.5 Å². The Kier molecular flexibility index (Phi) is 5.32. The van der Waals surface area contributed by atoms with Crippen molar-refractivity contribution in [3.63, 3.8) is 0 Å². The van der Waals surface area contributed by atoms with Gasteiger partial charge >= 0.3 is 5.97 Å². The number of nitrogens with zero attached hydrogens (tertiary/aromatic N) is 1. The van der Waals surface area contributed by atoms with Gasteiger partial charge in [-0.05, 0) is 19.1 Å². The molecule has 96 valence electrons. The first kappa shape index (κ1) is 14.2. The predicted molar refractivity (Wildman–Crippen MR) is 68.4 cm³/mol. The van der Waals surface area contributed by atoms with Gasteiger partial charge in [-0.15, -0.1) is 0 Å². The molecule has 0 spiro atoms. The Labute approximate surface area is 109 Å². The average Bonchev–Trinajstić information content (AvgIpc) is 2.29. The van der Waals surface area contributed by atoms with Gasteiger partial charge < -0.3 is 4.74 Å². The van der Waals surface area contributed by atoms with E-state index in [1.165, 1.54) is 30.4 Å². The maximum absolute atomic E-state index is 11.1. The Morgan fingerprint density at radius 3 is 2.89 bits per heavy atom. The highest BCUT2D eigenvalue weighted by atomic mass is 35.5. The lowest BCUT2D eigenvalue weighted by atomic mass is 10.1. The van der Waals surface area contributed by atoms with Crippen molar-refractivity contribution in [1.29, 1.82) is 0 Å². The summed E-state index contributed by atoms with van der Waals surface area (Å²) in [7, 11) is 0. The van der Waals surface area contributed by atoms with Gasteiger partial charge in [-0.2, -0.15) is 0 Å². The SMILES string of the molecule is CCOC(=O)CC=Cc1cc(Cl)ccc1[N+](=O)[O-]. The van der Waals surface area contributed by atoms with Crippen LogP contribution in [-0.2, 0) is 9.53 Å². The van der Waals surface area contributed by atoms with Gasteiger partial charge in [-0.25, -0.2) is 0 Å². The summed E-state index contributed by atoms with van der Waals surface area (Å²) in [6.07, 6.45) is 3.06. The van der Waals surface area contributed by atoms with Gasteiger partial charge in [0.1, 0.15) is 0 Å². The summed E-state index contributed by atoms with van der Waals surface area (Å²) in [4.78, 5) is 21.4. The lowest BCUT2D eigenvalue weighted by Gasteiger charge is -1.99. The minimum absolute atomic E-state index is 0.0560. The molecular formula is C12H12ClNO4. The average molecular weight is 270 g/mol. The molecule has 0 amide bonds. The summed E-state index contributed by atoms with van der Waals surface area (Å²) in [5.41, 5.74) is 0.302. The smallest absolute Gasteiger partial charge is 0.309 e. The van der Waals surface area contributed by atoms with Crippen molar-refractivity contribution < 1.29 is 14.5 Å². The van der Waals surface area contributed by atoms with E-state index in [0.29, 0.717) is 17.2 Å². The summed E-state index contributed by atoms with van der Waals surface area (Å²) >= 11 is 5.76. The molecule has 0 radical (unpaired) electrons. The number of nitro benzene ring substituents is 1. The standard InChI is InChI=1S/C12H12ClNO4/c1-2-18-12(15)5-3-4-9-8-10(13)6-7-11(9)14(16)17/h3-4,6-8H,2,5H2,1H3. The van der Waals surface area contributed by atoms with Crippen molar-refractivity contribution in [2.45, 2.75) is 13.3 Å². The van der Waals surface area contributed by atoms with E-state index < -0.39 is 4.92 Å². The van der Waals surface area contributed by atoms with E-state index in [1.54, 1.807) is 6.92 Å². The van der Waals surface area contributed by atoms with Crippen molar-refractivity contribution in [2.24, 2.45) is 0 Å². The van der Waals surface area contributed by atoms with E-state index in [2.05, 4.69) is 0 Å². The second kappa shape index (κ2) is 6.76. The maximum Gasteiger partial charge on any atom is 0.309 e. The fourth-order valence-electron chi connectivity index (χ4n) is 1.33. The van der Waals surface area contributed by atoms with Crippen molar-refractivity contribution in [3.8, 4) is 0 Å². The zero-order valence-electron chi connectivity index (χ0n) is 9.76. The second-order valence-electron chi connectivity index (χ2n) is 3.37. The zero-order valence-corrected chi connectivity index (χ0v) is 10.5. The van der Waals surface area contributed by atoms with Crippen molar-refractivity contribution in [2.75, 3.05) is 6.61 Å². The number of esters is 1. The molecule has 5 nitrogen and oxygen atoms in total. The molecule has 1 aromatic rings. The number of halogens is 1. The van der Waals surface area contributed by atoms with Gasteiger partial charge in [-0.3, -0.25) is 14.9 Å². The highest BCUT2D eigenvalue weighted by molar-refractivity contribution is 6.30. The van der Waals surface area contributed by atoms with Crippen LogP contribution in [0.25, 0.3) is 6.08 Å². The summed E-state index contributed by atoms with van der Waals surface area (Å²) in [6, 6.07) is 4.25.